The van der Waals surface area contributed by atoms with Crippen molar-refractivity contribution in [1.29, 1.82) is 0 Å². The van der Waals surface area contributed by atoms with Crippen LogP contribution in [0, 0.1) is 5.82 Å². The first-order chi connectivity index (χ1) is 12.6. The Bertz CT molecular complexity index is 954. The molecular formula is C17H17Cl2FN2O4S. The lowest BCUT2D eigenvalue weighted by molar-refractivity contribution is 0.102. The largest absolute Gasteiger partial charge is 0.383 e. The molecule has 1 atom stereocenters. The molecule has 2 aromatic carbocycles. The zero-order valence-corrected chi connectivity index (χ0v) is 16.8. The quantitative estimate of drug-likeness (QED) is 0.695. The number of hydrogen-bond donors (Lipinski definition) is 2. The van der Waals surface area contributed by atoms with Crippen molar-refractivity contribution in [2.45, 2.75) is 17.9 Å². The molecular weight excluding hydrogens is 418 g/mol. The number of benzene rings is 2. The highest BCUT2D eigenvalue weighted by Crippen LogP contribution is 2.24. The van der Waals surface area contributed by atoms with E-state index >= 15 is 0 Å². The zero-order valence-electron chi connectivity index (χ0n) is 14.4. The van der Waals surface area contributed by atoms with Gasteiger partial charge < -0.3 is 10.1 Å². The average molecular weight is 435 g/mol. The standard InChI is InChI=1S/C17H17Cl2FN2O4S/c1-10(9-26-2)22-27(24,25)12-4-6-16(15(20)8-12)21-17(23)13-5-3-11(18)7-14(13)19/h3-8,10,22H,9H2,1-2H3,(H,21,23)/t10-/m0/s1. The SMILES string of the molecule is COC[C@H](C)NS(=O)(=O)c1ccc(NC(=O)c2ccc(Cl)cc2Cl)c(F)c1. The summed E-state index contributed by atoms with van der Waals surface area (Å²) >= 11 is 11.7. The van der Waals surface area contributed by atoms with Gasteiger partial charge in [-0.2, -0.15) is 0 Å². The third-order valence-corrected chi connectivity index (χ3v) is 5.58. The normalized spacial score (nSPS) is 12.6. The van der Waals surface area contributed by atoms with Crippen LogP contribution in [0.5, 0.6) is 0 Å². The van der Waals surface area contributed by atoms with E-state index in [9.17, 15) is 17.6 Å². The molecule has 6 nitrogen and oxygen atoms in total. The van der Waals surface area contributed by atoms with Crippen LogP contribution in [-0.4, -0.2) is 34.1 Å². The number of halogens is 3. The number of methoxy groups -OCH3 is 1. The van der Waals surface area contributed by atoms with Crippen LogP contribution in [0.15, 0.2) is 41.3 Å². The molecule has 2 aromatic rings. The number of sulfonamides is 1. The lowest BCUT2D eigenvalue weighted by Gasteiger charge is -2.14. The number of anilines is 1. The zero-order chi connectivity index (χ0) is 20.2. The first-order valence-corrected chi connectivity index (χ1v) is 9.95. The van der Waals surface area contributed by atoms with Gasteiger partial charge in [0.25, 0.3) is 5.91 Å². The number of carbonyl (C=O) groups is 1. The molecule has 0 unspecified atom stereocenters. The smallest absolute Gasteiger partial charge is 0.257 e. The Morgan fingerprint density at radius 1 is 1.22 bits per heavy atom. The minimum Gasteiger partial charge on any atom is -0.383 e. The molecule has 0 heterocycles. The summed E-state index contributed by atoms with van der Waals surface area (Å²) in [6.07, 6.45) is 0. The molecule has 0 spiro atoms. The molecule has 27 heavy (non-hydrogen) atoms. The van der Waals surface area contributed by atoms with Gasteiger partial charge in [-0.25, -0.2) is 17.5 Å². The Morgan fingerprint density at radius 2 is 1.93 bits per heavy atom. The second kappa shape index (κ2) is 8.99. The molecule has 0 fully saturated rings. The lowest BCUT2D eigenvalue weighted by Crippen LogP contribution is -2.35. The van der Waals surface area contributed by atoms with E-state index in [1.165, 1.54) is 31.4 Å². The maximum absolute atomic E-state index is 14.3. The molecule has 0 saturated carbocycles. The van der Waals surface area contributed by atoms with Gasteiger partial charge in [0.05, 0.1) is 27.8 Å². The van der Waals surface area contributed by atoms with E-state index in [2.05, 4.69) is 10.0 Å². The molecule has 0 bridgehead atoms. The number of rotatable bonds is 7. The molecule has 2 rings (SSSR count). The van der Waals surface area contributed by atoms with E-state index in [4.69, 9.17) is 27.9 Å². The number of carbonyl (C=O) groups excluding carboxylic acids is 1. The van der Waals surface area contributed by atoms with E-state index in [1.807, 2.05) is 0 Å². The maximum atomic E-state index is 14.3. The molecule has 2 N–H and O–H groups in total. The van der Waals surface area contributed by atoms with Crippen LogP contribution in [-0.2, 0) is 14.8 Å². The number of hydrogen-bond acceptors (Lipinski definition) is 4. The minimum atomic E-state index is -3.93. The number of nitrogens with one attached hydrogen (secondary N) is 2. The molecule has 10 heteroatoms. The second-order valence-corrected chi connectivity index (χ2v) is 8.26. The van der Waals surface area contributed by atoms with Crippen molar-refractivity contribution in [2.75, 3.05) is 19.0 Å². The van der Waals surface area contributed by atoms with Gasteiger partial charge in [0.1, 0.15) is 5.82 Å². The summed E-state index contributed by atoms with van der Waals surface area (Å²) in [5, 5.41) is 2.81. The van der Waals surface area contributed by atoms with E-state index in [0.717, 1.165) is 12.1 Å². The topological polar surface area (TPSA) is 84.5 Å². The molecule has 146 valence electrons. The Kier molecular flexibility index (Phi) is 7.19. The van der Waals surface area contributed by atoms with Crippen molar-refractivity contribution in [3.63, 3.8) is 0 Å². The van der Waals surface area contributed by atoms with Gasteiger partial charge in [0.2, 0.25) is 10.0 Å². The van der Waals surface area contributed by atoms with Crippen molar-refractivity contribution in [3.8, 4) is 0 Å². The molecule has 0 aliphatic rings. The van der Waals surface area contributed by atoms with Gasteiger partial charge >= 0.3 is 0 Å². The average Bonchev–Trinajstić information content (AvgIpc) is 2.56. The van der Waals surface area contributed by atoms with Gasteiger partial charge in [-0.15, -0.1) is 0 Å². The van der Waals surface area contributed by atoms with Crippen molar-refractivity contribution in [1.82, 2.24) is 4.72 Å². The summed E-state index contributed by atoms with van der Waals surface area (Å²) in [5.41, 5.74) is -0.0814. The van der Waals surface area contributed by atoms with Gasteiger partial charge in [0, 0.05) is 18.2 Å². The fourth-order valence-corrected chi connectivity index (χ4v) is 3.98. The highest BCUT2D eigenvalue weighted by Gasteiger charge is 2.20. The summed E-state index contributed by atoms with van der Waals surface area (Å²) in [6.45, 7) is 1.78. The summed E-state index contributed by atoms with van der Waals surface area (Å²) in [5.74, 6) is -1.56. The van der Waals surface area contributed by atoms with Crippen LogP contribution in [0.1, 0.15) is 17.3 Å². The van der Waals surface area contributed by atoms with Crippen molar-refractivity contribution in [3.05, 3.63) is 57.8 Å². The maximum Gasteiger partial charge on any atom is 0.257 e. The third kappa shape index (κ3) is 5.63. The van der Waals surface area contributed by atoms with Crippen LogP contribution < -0.4 is 10.0 Å². The van der Waals surface area contributed by atoms with Gasteiger partial charge in [-0.3, -0.25) is 4.79 Å². The molecule has 0 aliphatic heterocycles. The molecule has 0 aromatic heterocycles. The third-order valence-electron chi connectivity index (χ3n) is 3.45. The van der Waals surface area contributed by atoms with Crippen LogP contribution in [0.4, 0.5) is 10.1 Å². The summed E-state index contributed by atoms with van der Waals surface area (Å²) in [6, 6.07) is 6.93. The van der Waals surface area contributed by atoms with Gasteiger partial charge in [-0.1, -0.05) is 23.2 Å². The number of ether oxygens (including phenoxy) is 1. The molecule has 0 radical (unpaired) electrons. The Balaban J connectivity index is 2.20. The predicted octanol–water partition coefficient (Wildman–Crippen LogP) is 3.70. The van der Waals surface area contributed by atoms with Crippen LogP contribution in [0.3, 0.4) is 0 Å². The van der Waals surface area contributed by atoms with Crippen LogP contribution >= 0.6 is 23.2 Å². The summed E-state index contributed by atoms with van der Waals surface area (Å²) < 4.78 is 46.0. The monoisotopic (exact) mass is 434 g/mol. The first kappa shape index (κ1) is 21.6. The Labute approximate surface area is 166 Å². The highest BCUT2D eigenvalue weighted by molar-refractivity contribution is 7.89. The van der Waals surface area contributed by atoms with E-state index in [-0.39, 0.29) is 27.8 Å². The summed E-state index contributed by atoms with van der Waals surface area (Å²) in [4.78, 5) is 12.0. The molecule has 0 saturated heterocycles. The number of amides is 1. The fraction of sp³-hybridized carbons (Fsp3) is 0.235. The highest BCUT2D eigenvalue weighted by atomic mass is 35.5. The summed E-state index contributed by atoms with van der Waals surface area (Å²) in [7, 11) is -2.49. The molecule has 0 aliphatic carbocycles. The van der Waals surface area contributed by atoms with Crippen molar-refractivity contribution < 1.29 is 22.3 Å². The Morgan fingerprint density at radius 3 is 2.52 bits per heavy atom. The van der Waals surface area contributed by atoms with Crippen LogP contribution in [0.2, 0.25) is 10.0 Å². The minimum absolute atomic E-state index is 0.104. The van der Waals surface area contributed by atoms with Gasteiger partial charge in [-0.05, 0) is 43.3 Å². The molecule has 1 amide bonds. The van der Waals surface area contributed by atoms with Crippen molar-refractivity contribution in [2.24, 2.45) is 0 Å². The van der Waals surface area contributed by atoms with E-state index in [0.29, 0.717) is 5.02 Å². The van der Waals surface area contributed by atoms with Crippen LogP contribution in [0.25, 0.3) is 0 Å². The van der Waals surface area contributed by atoms with E-state index in [1.54, 1.807) is 6.92 Å². The lowest BCUT2D eigenvalue weighted by atomic mass is 10.2. The first-order valence-electron chi connectivity index (χ1n) is 7.71. The Hall–Kier alpha value is -1.71. The second-order valence-electron chi connectivity index (χ2n) is 5.70. The van der Waals surface area contributed by atoms with Crippen molar-refractivity contribution >= 4 is 44.8 Å². The predicted molar refractivity (Wildman–Crippen MR) is 102 cm³/mol. The fourth-order valence-electron chi connectivity index (χ4n) is 2.24. The van der Waals surface area contributed by atoms with Gasteiger partial charge in [0.15, 0.2) is 0 Å². The van der Waals surface area contributed by atoms with E-state index < -0.39 is 27.8 Å².